The van der Waals surface area contributed by atoms with Gasteiger partial charge in [-0.1, -0.05) is 22.0 Å². The molecule has 1 aromatic rings. The van der Waals surface area contributed by atoms with E-state index in [0.29, 0.717) is 0 Å². The largest absolute Gasteiger partial charge is 0.443 e. The first-order chi connectivity index (χ1) is 11.1. The topological polar surface area (TPSA) is 90.0 Å². The molecule has 0 atom stereocenters. The summed E-state index contributed by atoms with van der Waals surface area (Å²) in [6, 6.07) is 5.75. The first-order valence-corrected chi connectivity index (χ1v) is 9.15. The molecule has 8 heteroatoms. The number of ether oxygens (including phenoxy) is 2. The molecule has 0 aliphatic carbocycles. The summed E-state index contributed by atoms with van der Waals surface area (Å²) in [7, 11) is -4.48. The molecule has 0 saturated carbocycles. The molecule has 0 unspecified atom stereocenters. The van der Waals surface area contributed by atoms with Gasteiger partial charge in [-0.2, -0.15) is 0 Å². The van der Waals surface area contributed by atoms with E-state index in [1.165, 1.54) is 12.1 Å². The van der Waals surface area contributed by atoms with Crippen LogP contribution in [0.4, 0.5) is 9.59 Å². The quantitative estimate of drug-likeness (QED) is 0.784. The van der Waals surface area contributed by atoms with Gasteiger partial charge >= 0.3 is 12.2 Å². The fraction of sp³-hybridized carbons (Fsp3) is 0.529. The van der Waals surface area contributed by atoms with Crippen LogP contribution in [0.3, 0.4) is 0 Å². The minimum atomic E-state index is -4.48. The fourth-order valence-electron chi connectivity index (χ4n) is 1.69. The molecule has 1 aromatic carbocycles. The number of carbonyl (C=O) groups excluding carboxylic acids is 2. The van der Waals surface area contributed by atoms with Crippen molar-refractivity contribution >= 4 is 22.2 Å². The molecular formula is C17H25NO6S. The Bertz CT molecular complexity index is 711. The van der Waals surface area contributed by atoms with Crippen LogP contribution < -0.4 is 0 Å². The Hall–Kier alpha value is -2.09. The molecule has 1 rings (SSSR count). The molecule has 25 heavy (non-hydrogen) atoms. The Morgan fingerprint density at radius 2 is 1.20 bits per heavy atom. The number of rotatable bonds is 2. The Balaban J connectivity index is 3.36. The van der Waals surface area contributed by atoms with Crippen molar-refractivity contribution in [1.82, 2.24) is 4.31 Å². The van der Waals surface area contributed by atoms with E-state index in [4.69, 9.17) is 9.47 Å². The van der Waals surface area contributed by atoms with Crippen molar-refractivity contribution < 1.29 is 27.5 Å². The zero-order valence-electron chi connectivity index (χ0n) is 15.6. The smallest absolute Gasteiger partial charge is 0.434 e. The molecule has 0 N–H and O–H groups in total. The van der Waals surface area contributed by atoms with Gasteiger partial charge in [0.2, 0.25) is 0 Å². The van der Waals surface area contributed by atoms with Gasteiger partial charge in [0.1, 0.15) is 11.2 Å². The lowest BCUT2D eigenvalue weighted by Gasteiger charge is -2.28. The maximum absolute atomic E-state index is 12.8. The summed E-state index contributed by atoms with van der Waals surface area (Å²) in [5.41, 5.74) is -1.14. The van der Waals surface area contributed by atoms with Crippen molar-refractivity contribution in [2.45, 2.75) is 64.6 Å². The molecule has 0 fully saturated rings. The van der Waals surface area contributed by atoms with Crippen LogP contribution in [0.15, 0.2) is 29.2 Å². The molecule has 140 valence electrons. The Morgan fingerprint density at radius 3 is 1.52 bits per heavy atom. The third-order valence-corrected chi connectivity index (χ3v) is 4.32. The van der Waals surface area contributed by atoms with Gasteiger partial charge in [-0.3, -0.25) is 0 Å². The highest BCUT2D eigenvalue weighted by atomic mass is 32.2. The van der Waals surface area contributed by atoms with Gasteiger partial charge in [-0.25, -0.2) is 18.0 Å². The zero-order chi connectivity index (χ0) is 19.6. The lowest BCUT2D eigenvalue weighted by Crippen LogP contribution is -2.46. The van der Waals surface area contributed by atoms with Crippen LogP contribution in [0.25, 0.3) is 0 Å². The lowest BCUT2D eigenvalue weighted by atomic mass is 10.2. The molecule has 2 amide bonds. The second-order valence-corrected chi connectivity index (χ2v) is 9.33. The van der Waals surface area contributed by atoms with Gasteiger partial charge in [0, 0.05) is 0 Å². The van der Waals surface area contributed by atoms with Crippen LogP contribution in [0.1, 0.15) is 47.1 Å². The van der Waals surface area contributed by atoms with Crippen LogP contribution in [0.2, 0.25) is 0 Å². The summed E-state index contributed by atoms with van der Waals surface area (Å²) in [6.45, 7) is 11.2. The highest BCUT2D eigenvalue weighted by molar-refractivity contribution is 7.90. The summed E-state index contributed by atoms with van der Waals surface area (Å²) >= 11 is 0. The highest BCUT2D eigenvalue weighted by Crippen LogP contribution is 2.22. The van der Waals surface area contributed by atoms with E-state index < -0.39 is 33.4 Å². The molecule has 0 bridgehead atoms. The number of amides is 2. The predicted octanol–water partition coefficient (Wildman–Crippen LogP) is 3.86. The molecule has 0 aromatic heterocycles. The number of carbonyl (C=O) groups is 2. The van der Waals surface area contributed by atoms with Crippen molar-refractivity contribution in [2.24, 2.45) is 0 Å². The minimum Gasteiger partial charge on any atom is -0.443 e. The monoisotopic (exact) mass is 371 g/mol. The van der Waals surface area contributed by atoms with Gasteiger partial charge in [0.25, 0.3) is 10.0 Å². The van der Waals surface area contributed by atoms with Gasteiger partial charge in [0.05, 0.1) is 4.90 Å². The maximum atomic E-state index is 12.8. The molecule has 0 radical (unpaired) electrons. The van der Waals surface area contributed by atoms with Gasteiger partial charge in [0.15, 0.2) is 0 Å². The Kier molecular flexibility index (Phi) is 5.89. The van der Waals surface area contributed by atoms with E-state index in [-0.39, 0.29) is 9.20 Å². The second-order valence-electron chi connectivity index (χ2n) is 7.54. The summed E-state index contributed by atoms with van der Waals surface area (Å²) in [5, 5.41) is 0. The summed E-state index contributed by atoms with van der Waals surface area (Å²) in [6.07, 6.45) is -2.63. The van der Waals surface area contributed by atoms with Crippen molar-refractivity contribution in [1.29, 1.82) is 0 Å². The molecule has 0 spiro atoms. The second kappa shape index (κ2) is 7.03. The summed E-state index contributed by atoms with van der Waals surface area (Å²) in [5.74, 6) is 0. The molecule has 0 saturated heterocycles. The van der Waals surface area contributed by atoms with Gasteiger partial charge < -0.3 is 9.47 Å². The first-order valence-electron chi connectivity index (χ1n) is 7.71. The van der Waals surface area contributed by atoms with E-state index in [1.807, 2.05) is 0 Å². The number of imide groups is 1. The highest BCUT2D eigenvalue weighted by Gasteiger charge is 2.41. The number of sulfonamides is 1. The van der Waals surface area contributed by atoms with Crippen LogP contribution in [-0.2, 0) is 19.5 Å². The van der Waals surface area contributed by atoms with E-state index in [2.05, 4.69) is 0 Å². The maximum Gasteiger partial charge on any atom is 0.434 e. The Morgan fingerprint density at radius 1 is 0.840 bits per heavy atom. The number of aryl methyl sites for hydroxylation is 1. The van der Waals surface area contributed by atoms with E-state index in [0.717, 1.165) is 5.56 Å². The summed E-state index contributed by atoms with van der Waals surface area (Å²) in [4.78, 5) is 24.6. The molecular weight excluding hydrogens is 346 g/mol. The number of hydrogen-bond donors (Lipinski definition) is 0. The van der Waals surface area contributed by atoms with Crippen molar-refractivity contribution in [2.75, 3.05) is 0 Å². The van der Waals surface area contributed by atoms with E-state index >= 15 is 0 Å². The molecule has 7 nitrogen and oxygen atoms in total. The normalized spacial score (nSPS) is 12.4. The van der Waals surface area contributed by atoms with E-state index in [9.17, 15) is 18.0 Å². The summed E-state index contributed by atoms with van der Waals surface area (Å²) < 4.78 is 35.8. The van der Waals surface area contributed by atoms with Crippen molar-refractivity contribution in [3.63, 3.8) is 0 Å². The van der Waals surface area contributed by atoms with Crippen LogP contribution in [0.5, 0.6) is 0 Å². The molecule has 0 heterocycles. The minimum absolute atomic E-state index is 0.0220. The molecule has 0 aliphatic heterocycles. The van der Waals surface area contributed by atoms with Gasteiger partial charge in [-0.05, 0) is 60.6 Å². The Labute approximate surface area is 149 Å². The standard InChI is InChI=1S/C17H25NO6S/c1-12-8-10-13(11-9-12)25(21,22)18(14(19)23-16(2,3)4)15(20)24-17(5,6)7/h8-11H,1-7H3. The fourth-order valence-corrected chi connectivity index (χ4v) is 2.85. The average molecular weight is 371 g/mol. The lowest BCUT2D eigenvalue weighted by molar-refractivity contribution is 0.0174. The number of nitrogens with zero attached hydrogens (tertiary/aromatic N) is 1. The first kappa shape index (κ1) is 21.0. The average Bonchev–Trinajstić information content (AvgIpc) is 2.34. The SMILES string of the molecule is Cc1ccc(S(=O)(=O)N(C(=O)OC(C)(C)C)C(=O)OC(C)(C)C)cc1. The molecule has 0 aliphatic rings. The van der Waals surface area contributed by atoms with Crippen LogP contribution >= 0.6 is 0 Å². The third-order valence-electron chi connectivity index (χ3n) is 2.68. The predicted molar refractivity (Wildman–Crippen MR) is 92.7 cm³/mol. The third kappa shape index (κ3) is 6.04. The van der Waals surface area contributed by atoms with Crippen LogP contribution in [0, 0.1) is 6.92 Å². The zero-order valence-corrected chi connectivity index (χ0v) is 16.4. The van der Waals surface area contributed by atoms with Crippen molar-refractivity contribution in [3.05, 3.63) is 29.8 Å². The van der Waals surface area contributed by atoms with Crippen LogP contribution in [-0.4, -0.2) is 36.1 Å². The van der Waals surface area contributed by atoms with E-state index in [1.54, 1.807) is 60.6 Å². The number of benzene rings is 1. The number of hydrogen-bond acceptors (Lipinski definition) is 6. The van der Waals surface area contributed by atoms with Crippen molar-refractivity contribution in [3.8, 4) is 0 Å². The van der Waals surface area contributed by atoms with Gasteiger partial charge in [-0.15, -0.1) is 0 Å².